The lowest BCUT2D eigenvalue weighted by molar-refractivity contribution is 0.130. The monoisotopic (exact) mass is 112 g/mol. The van der Waals surface area contributed by atoms with Crippen LogP contribution in [0.2, 0.25) is 0 Å². The van der Waals surface area contributed by atoms with E-state index >= 15 is 0 Å². The average Bonchev–Trinajstić information content (AvgIpc) is 2.19. The van der Waals surface area contributed by atoms with Crippen molar-refractivity contribution in [1.82, 2.24) is 0 Å². The van der Waals surface area contributed by atoms with E-state index in [9.17, 15) is 0 Å². The molecule has 0 aromatic rings. The number of nitriles is 1. The summed E-state index contributed by atoms with van der Waals surface area (Å²) in [5.41, 5.74) is 0. The zero-order chi connectivity index (χ0) is 5.82. The molecule has 0 saturated carbocycles. The van der Waals surface area contributed by atoms with Crippen LogP contribution in [0.4, 0.5) is 0 Å². The minimum atomic E-state index is -0.0278. The zero-order valence-corrected chi connectivity index (χ0v) is 4.33. The van der Waals surface area contributed by atoms with E-state index in [0.29, 0.717) is 13.0 Å². The van der Waals surface area contributed by atoms with Gasteiger partial charge in [-0.15, -0.1) is 0 Å². The molecule has 0 aromatic carbocycles. The molecule has 8 heavy (non-hydrogen) atoms. The van der Waals surface area contributed by atoms with Gasteiger partial charge in [-0.25, -0.2) is 0 Å². The molecule has 0 aliphatic carbocycles. The Morgan fingerprint density at radius 2 is 2.75 bits per heavy atom. The van der Waals surface area contributed by atoms with Gasteiger partial charge in [0, 0.05) is 0 Å². The number of hydrogen-bond acceptors (Lipinski definition) is 3. The maximum atomic E-state index is 8.13. The van der Waals surface area contributed by atoms with Gasteiger partial charge in [-0.3, -0.25) is 0 Å². The Morgan fingerprint density at radius 1 is 1.88 bits per heavy atom. The lowest BCUT2D eigenvalue weighted by atomic mass is 10.3. The average molecular weight is 112 g/mol. The van der Waals surface area contributed by atoms with Gasteiger partial charge in [-0.2, -0.15) is 5.26 Å². The van der Waals surface area contributed by atoms with Gasteiger partial charge >= 0.3 is 0 Å². The summed E-state index contributed by atoms with van der Waals surface area (Å²) >= 11 is 0. The maximum absolute atomic E-state index is 8.13. The molecular weight excluding hydrogens is 106 g/mol. The third kappa shape index (κ3) is 1.19. The van der Waals surface area contributed by atoms with Crippen LogP contribution in [0.5, 0.6) is 0 Å². The second-order valence-corrected chi connectivity index (χ2v) is 1.55. The molecule has 0 aromatic heterocycles. The van der Waals surface area contributed by atoms with Crippen molar-refractivity contribution in [3.05, 3.63) is 6.79 Å². The molecule has 1 atom stereocenters. The van der Waals surface area contributed by atoms with Crippen LogP contribution in [0.1, 0.15) is 6.42 Å². The zero-order valence-electron chi connectivity index (χ0n) is 4.33. The smallest absolute Gasteiger partial charge is 0.209 e. The van der Waals surface area contributed by atoms with Gasteiger partial charge in [-0.05, 0) is 0 Å². The van der Waals surface area contributed by atoms with E-state index in [2.05, 4.69) is 0 Å². The highest BCUT2D eigenvalue weighted by molar-refractivity contribution is 4.78. The molecule has 43 valence electrons. The molecule has 1 aliphatic heterocycles. The largest absolute Gasteiger partial charge is 0.345 e. The van der Waals surface area contributed by atoms with Crippen molar-refractivity contribution in [2.24, 2.45) is 0 Å². The van der Waals surface area contributed by atoms with E-state index in [0.717, 1.165) is 0 Å². The predicted octanol–water partition coefficient (Wildman–Crippen LogP) is 0.435. The normalized spacial score (nSPS) is 27.6. The molecule has 1 heterocycles. The molecule has 0 spiro atoms. The Morgan fingerprint density at radius 3 is 3.25 bits per heavy atom. The van der Waals surface area contributed by atoms with Crippen LogP contribution in [-0.4, -0.2) is 12.7 Å². The van der Waals surface area contributed by atoms with E-state index in [-0.39, 0.29) is 6.10 Å². The molecule has 0 unspecified atom stereocenters. The number of ether oxygens (including phenoxy) is 2. The Kier molecular flexibility index (Phi) is 1.84. The highest BCUT2D eigenvalue weighted by atomic mass is 16.7. The van der Waals surface area contributed by atoms with Crippen LogP contribution in [0.3, 0.4) is 0 Å². The van der Waals surface area contributed by atoms with Crippen molar-refractivity contribution in [1.29, 1.82) is 5.26 Å². The van der Waals surface area contributed by atoms with Crippen molar-refractivity contribution >= 4 is 0 Å². The van der Waals surface area contributed by atoms with Crippen molar-refractivity contribution < 1.29 is 9.47 Å². The number of hydrogen-bond donors (Lipinski definition) is 0. The number of nitrogens with zero attached hydrogens (tertiary/aromatic N) is 1. The van der Waals surface area contributed by atoms with Gasteiger partial charge in [0.25, 0.3) is 0 Å². The molecular formula is C5H6NO2. The topological polar surface area (TPSA) is 42.2 Å². The lowest BCUT2D eigenvalue weighted by Gasteiger charge is -1.96. The van der Waals surface area contributed by atoms with E-state index < -0.39 is 0 Å². The summed E-state index contributed by atoms with van der Waals surface area (Å²) in [5, 5.41) is 8.13. The predicted molar refractivity (Wildman–Crippen MR) is 25.4 cm³/mol. The second-order valence-electron chi connectivity index (χ2n) is 1.55. The van der Waals surface area contributed by atoms with Crippen LogP contribution in [0.25, 0.3) is 0 Å². The fraction of sp³-hybridized carbons (Fsp3) is 0.600. The molecule has 1 radical (unpaired) electrons. The fourth-order valence-electron chi connectivity index (χ4n) is 0.513. The van der Waals surface area contributed by atoms with Crippen molar-refractivity contribution in [2.75, 3.05) is 6.61 Å². The summed E-state index contributed by atoms with van der Waals surface area (Å²) in [6.07, 6.45) is 0.385. The maximum Gasteiger partial charge on any atom is 0.209 e. The minimum absolute atomic E-state index is 0.0278. The summed E-state index contributed by atoms with van der Waals surface area (Å²) in [7, 11) is 0. The van der Waals surface area contributed by atoms with E-state index in [1.165, 1.54) is 6.79 Å². The summed E-state index contributed by atoms with van der Waals surface area (Å²) in [6, 6.07) is 1.98. The summed E-state index contributed by atoms with van der Waals surface area (Å²) in [5.74, 6) is 0. The molecule has 1 aliphatic rings. The van der Waals surface area contributed by atoms with Gasteiger partial charge in [0.05, 0.1) is 25.2 Å². The van der Waals surface area contributed by atoms with Crippen LogP contribution in [-0.2, 0) is 9.47 Å². The van der Waals surface area contributed by atoms with Crippen molar-refractivity contribution in [3.8, 4) is 6.07 Å². The molecule has 0 amide bonds. The SMILES string of the molecule is N#CC[C@@H]1CO[CH]O1. The van der Waals surface area contributed by atoms with Gasteiger partial charge in [0.1, 0.15) is 0 Å². The lowest BCUT2D eigenvalue weighted by Crippen LogP contribution is -2.06. The Hall–Kier alpha value is -0.590. The second kappa shape index (κ2) is 2.65. The summed E-state index contributed by atoms with van der Waals surface area (Å²) in [6.45, 7) is 1.80. The quantitative estimate of drug-likeness (QED) is 0.494. The third-order valence-electron chi connectivity index (χ3n) is 0.917. The standard InChI is InChI=1S/C5H6NO2/c6-2-1-5-3-7-4-8-5/h4-5H,1,3H2/t5-/m1/s1. The highest BCUT2D eigenvalue weighted by Crippen LogP contribution is 2.08. The first-order valence-electron chi connectivity index (χ1n) is 2.39. The van der Waals surface area contributed by atoms with E-state index in [1.807, 2.05) is 6.07 Å². The van der Waals surface area contributed by atoms with Crippen LogP contribution < -0.4 is 0 Å². The van der Waals surface area contributed by atoms with Crippen molar-refractivity contribution in [3.63, 3.8) is 0 Å². The Labute approximate surface area is 47.8 Å². The first kappa shape index (κ1) is 5.54. The minimum Gasteiger partial charge on any atom is -0.345 e. The molecule has 0 N–H and O–H groups in total. The molecule has 1 rings (SSSR count). The van der Waals surface area contributed by atoms with E-state index in [1.54, 1.807) is 0 Å². The van der Waals surface area contributed by atoms with Crippen LogP contribution in [0, 0.1) is 18.1 Å². The van der Waals surface area contributed by atoms with Crippen molar-refractivity contribution in [2.45, 2.75) is 12.5 Å². The van der Waals surface area contributed by atoms with Gasteiger partial charge in [0.2, 0.25) is 6.79 Å². The summed E-state index contributed by atoms with van der Waals surface area (Å²) in [4.78, 5) is 0. The van der Waals surface area contributed by atoms with Gasteiger partial charge in [-0.1, -0.05) is 0 Å². The van der Waals surface area contributed by atoms with Crippen LogP contribution in [0.15, 0.2) is 0 Å². The third-order valence-corrected chi connectivity index (χ3v) is 0.917. The Bertz CT molecular complexity index is 101. The highest BCUT2D eigenvalue weighted by Gasteiger charge is 2.15. The van der Waals surface area contributed by atoms with Gasteiger partial charge in [0.15, 0.2) is 0 Å². The molecule has 3 nitrogen and oxygen atoms in total. The first-order chi connectivity index (χ1) is 3.93. The van der Waals surface area contributed by atoms with E-state index in [4.69, 9.17) is 14.7 Å². The Balaban J connectivity index is 2.17. The first-order valence-corrected chi connectivity index (χ1v) is 2.39. The fourth-order valence-corrected chi connectivity index (χ4v) is 0.513. The molecule has 0 bridgehead atoms. The molecule has 1 fully saturated rings. The number of rotatable bonds is 1. The van der Waals surface area contributed by atoms with Gasteiger partial charge < -0.3 is 9.47 Å². The van der Waals surface area contributed by atoms with Crippen LogP contribution >= 0.6 is 0 Å². The molecule has 1 saturated heterocycles. The summed E-state index contributed by atoms with van der Waals surface area (Å²) < 4.78 is 9.53. The molecule has 3 heteroatoms.